The summed E-state index contributed by atoms with van der Waals surface area (Å²) in [6.07, 6.45) is 4.67. The standard InChI is InChI=1S/C11H21NO2/c1-9(2)5-4-6-10(3)7-8-14-11(12)13/h5,10H,4,6-8H2,1-3H3,(H2,12,13). The Morgan fingerprint density at radius 1 is 1.43 bits per heavy atom. The van der Waals surface area contributed by atoms with Gasteiger partial charge in [-0.05, 0) is 39.0 Å². The van der Waals surface area contributed by atoms with Gasteiger partial charge < -0.3 is 10.5 Å². The molecule has 2 N–H and O–H groups in total. The Hall–Kier alpha value is -0.990. The molecule has 0 aromatic heterocycles. The number of nitrogens with two attached hydrogens (primary N) is 1. The quantitative estimate of drug-likeness (QED) is 0.669. The normalized spacial score (nSPS) is 11.9. The number of primary amides is 1. The summed E-state index contributed by atoms with van der Waals surface area (Å²) in [6.45, 7) is 6.79. The van der Waals surface area contributed by atoms with E-state index in [0.717, 1.165) is 19.3 Å². The van der Waals surface area contributed by atoms with Crippen LogP contribution >= 0.6 is 0 Å². The molecule has 1 unspecified atom stereocenters. The van der Waals surface area contributed by atoms with Crippen molar-refractivity contribution in [3.05, 3.63) is 11.6 Å². The van der Waals surface area contributed by atoms with E-state index >= 15 is 0 Å². The van der Waals surface area contributed by atoms with Crippen molar-refractivity contribution in [3.8, 4) is 0 Å². The predicted octanol–water partition coefficient (Wildman–Crippen LogP) is 2.85. The summed E-state index contributed by atoms with van der Waals surface area (Å²) in [4.78, 5) is 10.3. The first-order chi connectivity index (χ1) is 6.52. The molecular formula is C11H21NO2. The van der Waals surface area contributed by atoms with Gasteiger partial charge in [0.1, 0.15) is 0 Å². The number of ether oxygens (including phenoxy) is 1. The fourth-order valence-corrected chi connectivity index (χ4v) is 1.16. The van der Waals surface area contributed by atoms with E-state index in [9.17, 15) is 4.79 Å². The first kappa shape index (κ1) is 13.0. The van der Waals surface area contributed by atoms with Crippen LogP contribution in [0.25, 0.3) is 0 Å². The third-order valence-corrected chi connectivity index (χ3v) is 2.07. The van der Waals surface area contributed by atoms with Gasteiger partial charge in [0, 0.05) is 0 Å². The maximum absolute atomic E-state index is 10.3. The SMILES string of the molecule is CC(C)=CCCC(C)CCOC(N)=O. The fraction of sp³-hybridized carbons (Fsp3) is 0.727. The molecule has 0 spiro atoms. The second kappa shape index (κ2) is 7.42. The Labute approximate surface area is 86.3 Å². The largest absolute Gasteiger partial charge is 0.450 e. The van der Waals surface area contributed by atoms with Gasteiger partial charge in [0.05, 0.1) is 6.61 Å². The molecule has 0 heterocycles. The summed E-state index contributed by atoms with van der Waals surface area (Å²) in [7, 11) is 0. The molecule has 82 valence electrons. The Bertz CT molecular complexity index is 195. The van der Waals surface area contributed by atoms with Crippen LogP contribution in [0.1, 0.15) is 40.0 Å². The van der Waals surface area contributed by atoms with E-state index in [0.29, 0.717) is 12.5 Å². The molecule has 3 heteroatoms. The van der Waals surface area contributed by atoms with Gasteiger partial charge in [0.25, 0.3) is 0 Å². The van der Waals surface area contributed by atoms with E-state index in [4.69, 9.17) is 5.73 Å². The van der Waals surface area contributed by atoms with E-state index in [-0.39, 0.29) is 0 Å². The molecule has 0 aliphatic rings. The third-order valence-electron chi connectivity index (χ3n) is 2.07. The van der Waals surface area contributed by atoms with E-state index in [1.165, 1.54) is 5.57 Å². The number of hydrogen-bond donors (Lipinski definition) is 1. The molecule has 0 aliphatic carbocycles. The Morgan fingerprint density at radius 2 is 2.07 bits per heavy atom. The number of rotatable bonds is 6. The highest BCUT2D eigenvalue weighted by atomic mass is 16.5. The highest BCUT2D eigenvalue weighted by Crippen LogP contribution is 2.11. The van der Waals surface area contributed by atoms with E-state index in [2.05, 4.69) is 31.6 Å². The van der Waals surface area contributed by atoms with Crippen LogP contribution < -0.4 is 5.73 Å². The number of carbonyl (C=O) groups is 1. The van der Waals surface area contributed by atoms with Gasteiger partial charge >= 0.3 is 6.09 Å². The van der Waals surface area contributed by atoms with Crippen LogP contribution in [0.15, 0.2) is 11.6 Å². The summed E-state index contributed by atoms with van der Waals surface area (Å²) in [5.74, 6) is 0.574. The lowest BCUT2D eigenvalue weighted by molar-refractivity contribution is 0.149. The Kier molecular flexibility index (Phi) is 6.89. The van der Waals surface area contributed by atoms with Crippen molar-refractivity contribution in [3.63, 3.8) is 0 Å². The molecular weight excluding hydrogens is 178 g/mol. The summed E-state index contributed by atoms with van der Waals surface area (Å²) < 4.78 is 4.66. The summed E-state index contributed by atoms with van der Waals surface area (Å²) >= 11 is 0. The minimum Gasteiger partial charge on any atom is -0.450 e. The maximum Gasteiger partial charge on any atom is 0.404 e. The number of carbonyl (C=O) groups excluding carboxylic acids is 1. The van der Waals surface area contributed by atoms with Crippen LogP contribution in [0.5, 0.6) is 0 Å². The van der Waals surface area contributed by atoms with Crippen LogP contribution in [0.3, 0.4) is 0 Å². The van der Waals surface area contributed by atoms with Crippen LogP contribution in [0.4, 0.5) is 4.79 Å². The molecule has 0 aromatic rings. The zero-order chi connectivity index (χ0) is 11.0. The highest BCUT2D eigenvalue weighted by molar-refractivity contribution is 5.64. The molecule has 0 radical (unpaired) electrons. The van der Waals surface area contributed by atoms with Gasteiger partial charge in [-0.25, -0.2) is 4.79 Å². The van der Waals surface area contributed by atoms with Crippen molar-refractivity contribution in [2.45, 2.75) is 40.0 Å². The molecule has 1 amide bonds. The van der Waals surface area contributed by atoms with Crippen molar-refractivity contribution >= 4 is 6.09 Å². The molecule has 0 fully saturated rings. The van der Waals surface area contributed by atoms with E-state index in [1.54, 1.807) is 0 Å². The third kappa shape index (κ3) is 9.10. The first-order valence-electron chi connectivity index (χ1n) is 5.08. The lowest BCUT2D eigenvalue weighted by Crippen LogP contribution is -2.15. The number of allylic oxidation sites excluding steroid dienone is 2. The lowest BCUT2D eigenvalue weighted by atomic mass is 10.0. The minimum absolute atomic E-state index is 0.436. The topological polar surface area (TPSA) is 52.3 Å². The zero-order valence-electron chi connectivity index (χ0n) is 9.38. The second-order valence-corrected chi connectivity index (χ2v) is 3.92. The molecule has 0 rings (SSSR count). The maximum atomic E-state index is 10.3. The summed E-state index contributed by atoms with van der Waals surface area (Å²) in [6, 6.07) is 0. The Morgan fingerprint density at radius 3 is 2.57 bits per heavy atom. The van der Waals surface area contributed by atoms with Gasteiger partial charge in [-0.2, -0.15) is 0 Å². The minimum atomic E-state index is -0.679. The van der Waals surface area contributed by atoms with Gasteiger partial charge in [0.15, 0.2) is 0 Å². The van der Waals surface area contributed by atoms with E-state index in [1.807, 2.05) is 0 Å². The smallest absolute Gasteiger partial charge is 0.404 e. The molecule has 0 saturated heterocycles. The lowest BCUT2D eigenvalue weighted by Gasteiger charge is -2.09. The fourth-order valence-electron chi connectivity index (χ4n) is 1.16. The summed E-state index contributed by atoms with van der Waals surface area (Å²) in [5, 5.41) is 0. The van der Waals surface area contributed by atoms with Crippen LogP contribution in [-0.2, 0) is 4.74 Å². The second-order valence-electron chi connectivity index (χ2n) is 3.92. The molecule has 1 atom stereocenters. The Balaban J connectivity index is 3.41. The van der Waals surface area contributed by atoms with Crippen molar-refractivity contribution < 1.29 is 9.53 Å². The van der Waals surface area contributed by atoms with Gasteiger partial charge in [0.2, 0.25) is 0 Å². The first-order valence-corrected chi connectivity index (χ1v) is 5.08. The van der Waals surface area contributed by atoms with Gasteiger partial charge in [-0.1, -0.05) is 18.6 Å². The molecule has 0 bridgehead atoms. The molecule has 14 heavy (non-hydrogen) atoms. The summed E-state index contributed by atoms with van der Waals surface area (Å²) in [5.41, 5.74) is 6.20. The average molecular weight is 199 g/mol. The van der Waals surface area contributed by atoms with Crippen LogP contribution in [0, 0.1) is 5.92 Å². The highest BCUT2D eigenvalue weighted by Gasteiger charge is 2.02. The molecule has 3 nitrogen and oxygen atoms in total. The number of hydrogen-bond acceptors (Lipinski definition) is 2. The van der Waals surface area contributed by atoms with Gasteiger partial charge in [-0.3, -0.25) is 0 Å². The van der Waals surface area contributed by atoms with Crippen molar-refractivity contribution in [1.29, 1.82) is 0 Å². The van der Waals surface area contributed by atoms with Crippen molar-refractivity contribution in [1.82, 2.24) is 0 Å². The van der Waals surface area contributed by atoms with Gasteiger partial charge in [-0.15, -0.1) is 0 Å². The van der Waals surface area contributed by atoms with Crippen molar-refractivity contribution in [2.24, 2.45) is 11.7 Å². The molecule has 0 saturated carbocycles. The van der Waals surface area contributed by atoms with Crippen molar-refractivity contribution in [2.75, 3.05) is 6.61 Å². The van der Waals surface area contributed by atoms with E-state index < -0.39 is 6.09 Å². The predicted molar refractivity (Wildman–Crippen MR) is 58.0 cm³/mol. The monoisotopic (exact) mass is 199 g/mol. The van der Waals surface area contributed by atoms with Crippen LogP contribution in [-0.4, -0.2) is 12.7 Å². The van der Waals surface area contributed by atoms with Crippen LogP contribution in [0.2, 0.25) is 0 Å². The average Bonchev–Trinajstić information content (AvgIpc) is 2.02. The molecule has 0 aromatic carbocycles. The zero-order valence-corrected chi connectivity index (χ0v) is 9.38. The number of amides is 1. The molecule has 0 aliphatic heterocycles.